The van der Waals surface area contributed by atoms with Gasteiger partial charge >= 0.3 is 5.97 Å². The summed E-state index contributed by atoms with van der Waals surface area (Å²) in [6.45, 7) is 6.89. The minimum atomic E-state index is -1.50. The Balaban J connectivity index is 0.00000204. The van der Waals surface area contributed by atoms with E-state index in [1.165, 1.54) is 18.1 Å². The molecule has 0 aromatic rings. The number of halogens is 1. The number of allylic oxidation sites excluding steroid dienone is 9. The molecular formula is C22H28ClNO5. The van der Waals surface area contributed by atoms with Crippen molar-refractivity contribution in [1.82, 2.24) is 4.90 Å². The van der Waals surface area contributed by atoms with Crippen molar-refractivity contribution >= 4 is 23.5 Å². The quantitative estimate of drug-likeness (QED) is 0.505. The maximum atomic E-state index is 13.2. The highest BCUT2D eigenvalue weighted by Gasteiger charge is 2.54. The van der Waals surface area contributed by atoms with E-state index in [-0.39, 0.29) is 24.4 Å². The maximum absolute atomic E-state index is 13.2. The first-order valence-electron chi connectivity index (χ1n) is 9.33. The van der Waals surface area contributed by atoms with E-state index >= 15 is 0 Å². The molecule has 0 spiro atoms. The third-order valence-electron chi connectivity index (χ3n) is 4.54. The predicted molar refractivity (Wildman–Crippen MR) is 114 cm³/mol. The van der Waals surface area contributed by atoms with Gasteiger partial charge in [-0.2, -0.15) is 0 Å². The van der Waals surface area contributed by atoms with E-state index in [1.54, 1.807) is 36.5 Å². The summed E-state index contributed by atoms with van der Waals surface area (Å²) in [5, 5.41) is 21.1. The van der Waals surface area contributed by atoms with Crippen molar-refractivity contribution in [2.45, 2.75) is 20.3 Å². The number of methoxy groups -OCH3 is 1. The highest BCUT2D eigenvalue weighted by atomic mass is 35.5. The summed E-state index contributed by atoms with van der Waals surface area (Å²) in [5.41, 5.74) is -0.705. The van der Waals surface area contributed by atoms with Crippen LogP contribution in [0.25, 0.3) is 0 Å². The number of amides is 1. The van der Waals surface area contributed by atoms with Gasteiger partial charge in [-0.25, -0.2) is 0 Å². The SMILES string of the molecule is C=C/C=C\C=C1/CN(CC(=O)OC)C(=O)C1(CO)C1=CCC=C(Cl)C=C1O.CC. The lowest BCUT2D eigenvalue weighted by atomic mass is 9.74. The molecule has 1 fully saturated rings. The number of hydrogen-bond donors (Lipinski definition) is 2. The Bertz CT molecular complexity index is 791. The Labute approximate surface area is 176 Å². The van der Waals surface area contributed by atoms with Crippen molar-refractivity contribution in [1.29, 1.82) is 0 Å². The fourth-order valence-electron chi connectivity index (χ4n) is 3.21. The molecule has 2 aliphatic rings. The van der Waals surface area contributed by atoms with Crippen LogP contribution in [-0.4, -0.2) is 53.8 Å². The molecule has 7 heteroatoms. The number of aliphatic hydroxyl groups excluding tert-OH is 2. The van der Waals surface area contributed by atoms with Crippen LogP contribution in [0.1, 0.15) is 20.3 Å². The van der Waals surface area contributed by atoms with Gasteiger partial charge in [-0.15, -0.1) is 0 Å². The van der Waals surface area contributed by atoms with Crippen LogP contribution < -0.4 is 0 Å². The molecule has 6 nitrogen and oxygen atoms in total. The average Bonchev–Trinajstić information content (AvgIpc) is 2.85. The molecule has 1 saturated heterocycles. The molecule has 1 amide bonds. The Morgan fingerprint density at radius 3 is 2.66 bits per heavy atom. The fraction of sp³-hybridized carbons (Fsp3) is 0.364. The molecule has 0 bridgehead atoms. The largest absolute Gasteiger partial charge is 0.508 e. The summed E-state index contributed by atoms with van der Waals surface area (Å²) in [6, 6.07) is 0. The van der Waals surface area contributed by atoms with Crippen molar-refractivity contribution < 1.29 is 24.5 Å². The van der Waals surface area contributed by atoms with Crippen LogP contribution in [-0.2, 0) is 14.3 Å². The first-order valence-corrected chi connectivity index (χ1v) is 9.71. The second kappa shape index (κ2) is 11.4. The fourth-order valence-corrected chi connectivity index (χ4v) is 3.40. The van der Waals surface area contributed by atoms with Crippen LogP contribution in [0.5, 0.6) is 0 Å². The Morgan fingerprint density at radius 2 is 2.07 bits per heavy atom. The number of likely N-dealkylation sites (tertiary alicyclic amines) is 1. The molecule has 0 saturated carbocycles. The van der Waals surface area contributed by atoms with E-state index in [0.29, 0.717) is 17.0 Å². The third kappa shape index (κ3) is 5.28. The topological polar surface area (TPSA) is 87.1 Å². The second-order valence-corrected chi connectivity index (χ2v) is 6.52. The number of esters is 1. The number of aliphatic hydroxyl groups is 2. The molecule has 1 atom stereocenters. The van der Waals surface area contributed by atoms with Gasteiger partial charge in [-0.1, -0.05) is 68.5 Å². The summed E-state index contributed by atoms with van der Waals surface area (Å²) < 4.78 is 4.65. The van der Waals surface area contributed by atoms with E-state index in [9.17, 15) is 19.8 Å². The molecular weight excluding hydrogens is 394 g/mol. The first kappa shape index (κ1) is 24.5. The number of rotatable bonds is 6. The molecule has 29 heavy (non-hydrogen) atoms. The summed E-state index contributed by atoms with van der Waals surface area (Å²) >= 11 is 6.00. The summed E-state index contributed by atoms with van der Waals surface area (Å²) in [4.78, 5) is 26.2. The predicted octanol–water partition coefficient (Wildman–Crippen LogP) is 3.57. The average molecular weight is 422 g/mol. The van der Waals surface area contributed by atoms with Gasteiger partial charge in [0.05, 0.1) is 13.7 Å². The molecule has 0 aromatic heterocycles. The maximum Gasteiger partial charge on any atom is 0.325 e. The number of carbonyl (C=O) groups excluding carboxylic acids is 2. The lowest BCUT2D eigenvalue weighted by molar-refractivity contribution is -0.147. The Hall–Kier alpha value is -2.57. The van der Waals surface area contributed by atoms with Crippen LogP contribution in [0, 0.1) is 5.41 Å². The lowest BCUT2D eigenvalue weighted by Crippen LogP contribution is -2.41. The minimum Gasteiger partial charge on any atom is -0.508 e. The molecule has 0 aromatic carbocycles. The van der Waals surface area contributed by atoms with Gasteiger partial charge in [0.2, 0.25) is 5.91 Å². The van der Waals surface area contributed by atoms with Crippen LogP contribution >= 0.6 is 11.6 Å². The number of carbonyl (C=O) groups is 2. The van der Waals surface area contributed by atoms with E-state index in [0.717, 1.165) is 0 Å². The van der Waals surface area contributed by atoms with Crippen LogP contribution in [0.15, 0.2) is 71.0 Å². The molecule has 2 rings (SSSR count). The Kier molecular flexibility index (Phi) is 9.65. The zero-order valence-electron chi connectivity index (χ0n) is 17.0. The lowest BCUT2D eigenvalue weighted by Gasteiger charge is -2.29. The van der Waals surface area contributed by atoms with Crippen LogP contribution in [0.4, 0.5) is 0 Å². The summed E-state index contributed by atoms with van der Waals surface area (Å²) in [6.07, 6.45) is 11.7. The third-order valence-corrected chi connectivity index (χ3v) is 4.80. The molecule has 158 valence electrons. The van der Waals surface area contributed by atoms with Gasteiger partial charge in [0.1, 0.15) is 17.7 Å². The first-order chi connectivity index (χ1) is 13.9. The number of hydrogen-bond acceptors (Lipinski definition) is 5. The minimum absolute atomic E-state index is 0.113. The van der Waals surface area contributed by atoms with E-state index in [4.69, 9.17) is 11.6 Å². The molecule has 1 aliphatic carbocycles. The summed E-state index contributed by atoms with van der Waals surface area (Å²) in [7, 11) is 1.24. The van der Waals surface area contributed by atoms with E-state index in [2.05, 4.69) is 11.3 Å². The van der Waals surface area contributed by atoms with Crippen LogP contribution in [0.2, 0.25) is 0 Å². The van der Waals surface area contributed by atoms with Crippen molar-refractivity contribution in [2.75, 3.05) is 26.8 Å². The van der Waals surface area contributed by atoms with Crippen molar-refractivity contribution in [3.05, 3.63) is 71.0 Å². The number of ether oxygens (including phenoxy) is 1. The molecule has 1 heterocycles. The van der Waals surface area contributed by atoms with E-state index < -0.39 is 23.9 Å². The standard InChI is InChI=1S/C20H22ClNO5.C2H6/c1-3-4-5-7-14-11-22(12-18(25)27-2)19(26)20(14,13-23)16-9-6-8-15(21)10-17(16)24;1-2/h3-5,7-10,23-24H,1,6,11-13H2,2H3;1-2H3/b5-4-,14-7+;. The molecule has 1 unspecified atom stereocenters. The zero-order chi connectivity index (χ0) is 22.0. The highest BCUT2D eigenvalue weighted by Crippen LogP contribution is 2.46. The van der Waals surface area contributed by atoms with Crippen LogP contribution in [0.3, 0.4) is 0 Å². The highest BCUT2D eigenvalue weighted by molar-refractivity contribution is 6.31. The normalized spacial score (nSPS) is 23.1. The van der Waals surface area contributed by atoms with Gasteiger partial charge in [0.15, 0.2) is 0 Å². The van der Waals surface area contributed by atoms with Gasteiger partial charge < -0.3 is 19.8 Å². The van der Waals surface area contributed by atoms with Crippen molar-refractivity contribution in [2.24, 2.45) is 5.41 Å². The Morgan fingerprint density at radius 1 is 1.38 bits per heavy atom. The molecule has 2 N–H and O–H groups in total. The van der Waals surface area contributed by atoms with Crippen molar-refractivity contribution in [3.63, 3.8) is 0 Å². The van der Waals surface area contributed by atoms with E-state index in [1.807, 2.05) is 13.8 Å². The van der Waals surface area contributed by atoms with Gasteiger partial charge in [0.25, 0.3) is 0 Å². The number of nitrogens with zero attached hydrogens (tertiary/aromatic N) is 1. The van der Waals surface area contributed by atoms with Gasteiger partial charge in [-0.05, 0) is 18.1 Å². The second-order valence-electron chi connectivity index (χ2n) is 6.09. The van der Waals surface area contributed by atoms with Gasteiger partial charge in [0, 0.05) is 17.2 Å². The smallest absolute Gasteiger partial charge is 0.325 e. The molecule has 1 aliphatic heterocycles. The van der Waals surface area contributed by atoms with Gasteiger partial charge in [-0.3, -0.25) is 9.59 Å². The zero-order valence-corrected chi connectivity index (χ0v) is 17.8. The monoisotopic (exact) mass is 421 g/mol. The molecule has 0 radical (unpaired) electrons. The van der Waals surface area contributed by atoms with Crippen molar-refractivity contribution in [3.8, 4) is 0 Å². The summed E-state index contributed by atoms with van der Waals surface area (Å²) in [5.74, 6) is -1.26.